The van der Waals surface area contributed by atoms with Crippen molar-refractivity contribution < 1.29 is 5.11 Å². The molecule has 1 aromatic heterocycles. The molecule has 64 valence electrons. The summed E-state index contributed by atoms with van der Waals surface area (Å²) < 4.78 is 1.66. The van der Waals surface area contributed by atoms with Gasteiger partial charge in [0.05, 0.1) is 11.8 Å². The molecule has 3 heteroatoms. The average Bonchev–Trinajstić information content (AvgIpc) is 2.47. The summed E-state index contributed by atoms with van der Waals surface area (Å²) in [5.74, 6) is 2.48. The zero-order valence-electron chi connectivity index (χ0n) is 7.07. The molecular weight excluding hydrogens is 152 g/mol. The molecule has 1 aromatic rings. The van der Waals surface area contributed by atoms with Crippen LogP contribution in [0.2, 0.25) is 0 Å². The fourth-order valence-electron chi connectivity index (χ4n) is 0.979. The molecule has 1 atom stereocenters. The van der Waals surface area contributed by atoms with Gasteiger partial charge in [-0.1, -0.05) is 0 Å². The van der Waals surface area contributed by atoms with Gasteiger partial charge in [-0.3, -0.25) is 4.68 Å². The first-order chi connectivity index (χ1) is 5.74. The third-order valence-electron chi connectivity index (χ3n) is 1.64. The van der Waals surface area contributed by atoms with Crippen LogP contribution < -0.4 is 0 Å². The number of terminal acetylenes is 1. The second kappa shape index (κ2) is 3.93. The summed E-state index contributed by atoms with van der Waals surface area (Å²) in [6.45, 7) is 0. The number of aromatic nitrogens is 2. The maximum absolute atomic E-state index is 9.49. The van der Waals surface area contributed by atoms with Gasteiger partial charge in [-0.25, -0.2) is 0 Å². The largest absolute Gasteiger partial charge is 0.387 e. The van der Waals surface area contributed by atoms with E-state index < -0.39 is 6.10 Å². The minimum absolute atomic E-state index is 0.526. The highest BCUT2D eigenvalue weighted by Gasteiger charge is 2.08. The van der Waals surface area contributed by atoms with E-state index >= 15 is 0 Å². The molecule has 0 aromatic carbocycles. The van der Waals surface area contributed by atoms with Gasteiger partial charge >= 0.3 is 0 Å². The van der Waals surface area contributed by atoms with Gasteiger partial charge in [0.1, 0.15) is 0 Å². The van der Waals surface area contributed by atoms with Crippen molar-refractivity contribution in [1.29, 1.82) is 0 Å². The lowest BCUT2D eigenvalue weighted by Gasteiger charge is -2.03. The third-order valence-corrected chi connectivity index (χ3v) is 1.64. The molecule has 1 N–H and O–H groups in total. The molecule has 0 saturated heterocycles. The van der Waals surface area contributed by atoms with Crippen LogP contribution in [0.25, 0.3) is 0 Å². The Labute approximate surface area is 72.0 Å². The highest BCUT2D eigenvalue weighted by molar-refractivity contribution is 5.03. The van der Waals surface area contributed by atoms with Crippen molar-refractivity contribution in [2.75, 3.05) is 0 Å². The van der Waals surface area contributed by atoms with Crippen molar-refractivity contribution in [3.8, 4) is 12.3 Å². The number of rotatable bonds is 3. The maximum Gasteiger partial charge on any atom is 0.0987 e. The first-order valence-corrected chi connectivity index (χ1v) is 3.85. The Balaban J connectivity index is 2.54. The lowest BCUT2D eigenvalue weighted by Crippen LogP contribution is -1.99. The molecule has 0 saturated carbocycles. The second-order valence-corrected chi connectivity index (χ2v) is 2.67. The molecule has 1 rings (SSSR count). The lowest BCUT2D eigenvalue weighted by atomic mass is 10.1. The molecule has 0 spiro atoms. The lowest BCUT2D eigenvalue weighted by molar-refractivity contribution is 0.164. The number of hydrogen-bond donors (Lipinski definition) is 1. The summed E-state index contributed by atoms with van der Waals surface area (Å²) in [7, 11) is 1.82. The summed E-state index contributed by atoms with van der Waals surface area (Å²) in [5, 5.41) is 13.6. The normalized spacial score (nSPS) is 12.4. The van der Waals surface area contributed by atoms with Crippen LogP contribution in [0.5, 0.6) is 0 Å². The second-order valence-electron chi connectivity index (χ2n) is 2.67. The van der Waals surface area contributed by atoms with Crippen molar-refractivity contribution in [3.05, 3.63) is 18.0 Å². The topological polar surface area (TPSA) is 38.0 Å². The van der Waals surface area contributed by atoms with E-state index in [-0.39, 0.29) is 0 Å². The van der Waals surface area contributed by atoms with E-state index in [1.807, 2.05) is 7.05 Å². The summed E-state index contributed by atoms with van der Waals surface area (Å²) in [6.07, 6.45) is 7.51. The van der Waals surface area contributed by atoms with Crippen LogP contribution in [0.3, 0.4) is 0 Å². The van der Waals surface area contributed by atoms with E-state index in [0.29, 0.717) is 18.5 Å². The molecule has 0 amide bonds. The van der Waals surface area contributed by atoms with Crippen LogP contribution in [0.15, 0.2) is 12.3 Å². The van der Waals surface area contributed by atoms with Crippen molar-refractivity contribution in [3.63, 3.8) is 0 Å². The van der Waals surface area contributed by atoms with E-state index in [9.17, 15) is 5.11 Å². The predicted molar refractivity (Wildman–Crippen MR) is 46.2 cm³/mol. The van der Waals surface area contributed by atoms with E-state index in [0.717, 1.165) is 0 Å². The van der Waals surface area contributed by atoms with E-state index in [2.05, 4.69) is 11.0 Å². The Hall–Kier alpha value is -1.27. The molecular formula is C9H12N2O. The minimum atomic E-state index is -0.526. The smallest absolute Gasteiger partial charge is 0.0987 e. The number of hydrogen-bond acceptors (Lipinski definition) is 2. The van der Waals surface area contributed by atoms with Crippen LogP contribution >= 0.6 is 0 Å². The molecule has 1 unspecified atom stereocenters. The van der Waals surface area contributed by atoms with Crippen molar-refractivity contribution in [2.24, 2.45) is 7.05 Å². The molecule has 1 heterocycles. The maximum atomic E-state index is 9.49. The van der Waals surface area contributed by atoms with E-state index in [1.54, 1.807) is 16.9 Å². The fraction of sp³-hybridized carbons (Fsp3) is 0.444. The van der Waals surface area contributed by atoms with Gasteiger partial charge in [0, 0.05) is 19.7 Å². The summed E-state index contributed by atoms with van der Waals surface area (Å²) in [6, 6.07) is 1.79. The third kappa shape index (κ3) is 2.11. The van der Waals surface area contributed by atoms with Crippen LogP contribution in [-0.2, 0) is 7.05 Å². The predicted octanol–water partition coefficient (Wildman–Crippen LogP) is 0.867. The number of aliphatic hydroxyl groups excluding tert-OH is 1. The van der Waals surface area contributed by atoms with Crippen molar-refractivity contribution >= 4 is 0 Å². The highest BCUT2D eigenvalue weighted by atomic mass is 16.3. The van der Waals surface area contributed by atoms with Gasteiger partial charge in [-0.05, 0) is 12.5 Å². The summed E-state index contributed by atoms with van der Waals surface area (Å²) >= 11 is 0. The van der Waals surface area contributed by atoms with Crippen molar-refractivity contribution in [1.82, 2.24) is 9.78 Å². The Bertz CT molecular complexity index is 285. The Kier molecular flexibility index (Phi) is 2.89. The molecule has 12 heavy (non-hydrogen) atoms. The van der Waals surface area contributed by atoms with Crippen LogP contribution in [0, 0.1) is 12.3 Å². The van der Waals surface area contributed by atoms with E-state index in [1.165, 1.54) is 0 Å². The Morgan fingerprint density at radius 3 is 3.08 bits per heavy atom. The molecule has 0 aliphatic rings. The molecule has 3 nitrogen and oxygen atoms in total. The van der Waals surface area contributed by atoms with Crippen LogP contribution in [0.4, 0.5) is 0 Å². The minimum Gasteiger partial charge on any atom is -0.387 e. The number of nitrogens with zero attached hydrogens (tertiary/aromatic N) is 2. The summed E-state index contributed by atoms with van der Waals surface area (Å²) in [5.41, 5.74) is 0.688. The van der Waals surface area contributed by atoms with Gasteiger partial charge < -0.3 is 5.11 Å². The number of aliphatic hydroxyl groups is 1. The monoisotopic (exact) mass is 164 g/mol. The number of aryl methyl sites for hydroxylation is 1. The zero-order chi connectivity index (χ0) is 8.97. The zero-order valence-corrected chi connectivity index (χ0v) is 7.07. The average molecular weight is 164 g/mol. The van der Waals surface area contributed by atoms with Gasteiger partial charge in [0.15, 0.2) is 0 Å². The van der Waals surface area contributed by atoms with Crippen LogP contribution in [-0.4, -0.2) is 14.9 Å². The van der Waals surface area contributed by atoms with Crippen LogP contribution in [0.1, 0.15) is 24.6 Å². The van der Waals surface area contributed by atoms with Crippen molar-refractivity contribution in [2.45, 2.75) is 18.9 Å². The summed E-state index contributed by atoms with van der Waals surface area (Å²) in [4.78, 5) is 0. The van der Waals surface area contributed by atoms with Gasteiger partial charge in [0.25, 0.3) is 0 Å². The molecule has 0 aliphatic carbocycles. The molecule has 0 bridgehead atoms. The standard InChI is InChI=1S/C9H12N2O/c1-3-4-5-9(12)8-6-7-11(2)10-8/h1,6-7,9,12H,4-5H2,2H3. The van der Waals surface area contributed by atoms with Gasteiger partial charge in [0.2, 0.25) is 0 Å². The highest BCUT2D eigenvalue weighted by Crippen LogP contribution is 2.14. The fourth-order valence-corrected chi connectivity index (χ4v) is 0.979. The molecule has 0 fully saturated rings. The first-order valence-electron chi connectivity index (χ1n) is 3.85. The SMILES string of the molecule is C#CCCC(O)c1ccn(C)n1. The van der Waals surface area contributed by atoms with Gasteiger partial charge in [-0.2, -0.15) is 5.10 Å². The first kappa shape index (κ1) is 8.82. The quantitative estimate of drug-likeness (QED) is 0.673. The van der Waals surface area contributed by atoms with E-state index in [4.69, 9.17) is 6.42 Å². The Morgan fingerprint density at radius 2 is 2.58 bits per heavy atom. The van der Waals surface area contributed by atoms with Gasteiger partial charge in [-0.15, -0.1) is 12.3 Å². The Morgan fingerprint density at radius 1 is 1.83 bits per heavy atom. The molecule has 0 aliphatic heterocycles. The molecule has 0 radical (unpaired) electrons.